The van der Waals surface area contributed by atoms with Crippen LogP contribution in [0.2, 0.25) is 0 Å². The lowest BCUT2D eigenvalue weighted by Crippen LogP contribution is -2.34. The number of urea groups is 1. The third-order valence-corrected chi connectivity index (χ3v) is 3.49. The first kappa shape index (κ1) is 15.5. The van der Waals surface area contributed by atoms with Gasteiger partial charge in [-0.3, -0.25) is 4.79 Å². The van der Waals surface area contributed by atoms with Crippen LogP contribution in [0.25, 0.3) is 0 Å². The third-order valence-electron chi connectivity index (χ3n) is 3.49. The maximum Gasteiger partial charge on any atom is 0.321 e. The van der Waals surface area contributed by atoms with Gasteiger partial charge in [0.1, 0.15) is 0 Å². The van der Waals surface area contributed by atoms with Crippen LogP contribution < -0.4 is 5.32 Å². The van der Waals surface area contributed by atoms with Crippen LogP contribution in [0.4, 0.5) is 10.5 Å². The van der Waals surface area contributed by atoms with Gasteiger partial charge in [-0.2, -0.15) is 0 Å². The van der Waals surface area contributed by atoms with Gasteiger partial charge in [-0.25, -0.2) is 4.79 Å². The number of nitrogens with one attached hydrogen (secondary N) is 1. The first-order valence-corrected chi connectivity index (χ1v) is 7.27. The van der Waals surface area contributed by atoms with Gasteiger partial charge in [0, 0.05) is 31.5 Å². The zero-order valence-electron chi connectivity index (χ0n) is 12.6. The van der Waals surface area contributed by atoms with Crippen molar-refractivity contribution in [2.24, 2.45) is 5.92 Å². The Morgan fingerprint density at radius 3 is 2.81 bits per heavy atom. The predicted molar refractivity (Wildman–Crippen MR) is 81.6 cm³/mol. The number of amides is 2. The minimum absolute atomic E-state index is 0.0204. The minimum Gasteiger partial charge on any atom is -0.379 e. The number of carbonyl (C=O) groups excluding carboxylic acids is 2. The molecule has 2 amide bonds. The number of anilines is 1. The predicted octanol–water partition coefficient (Wildman–Crippen LogP) is 2.78. The van der Waals surface area contributed by atoms with Crippen molar-refractivity contribution in [3.05, 3.63) is 29.8 Å². The van der Waals surface area contributed by atoms with Gasteiger partial charge >= 0.3 is 6.03 Å². The van der Waals surface area contributed by atoms with Crippen LogP contribution in [0.3, 0.4) is 0 Å². The summed E-state index contributed by atoms with van der Waals surface area (Å²) in [6.45, 7) is 3.40. The molecule has 0 aliphatic heterocycles. The van der Waals surface area contributed by atoms with Gasteiger partial charge in [0.25, 0.3) is 0 Å². The van der Waals surface area contributed by atoms with Gasteiger partial charge in [-0.05, 0) is 37.8 Å². The lowest BCUT2D eigenvalue weighted by atomic mass is 10.1. The number of ether oxygens (including phenoxy) is 1. The van der Waals surface area contributed by atoms with Gasteiger partial charge in [0.2, 0.25) is 0 Å². The second kappa shape index (κ2) is 7.22. The van der Waals surface area contributed by atoms with E-state index in [-0.39, 0.29) is 11.8 Å². The molecule has 1 N–H and O–H groups in total. The summed E-state index contributed by atoms with van der Waals surface area (Å²) in [6.07, 6.45) is 2.53. The summed E-state index contributed by atoms with van der Waals surface area (Å²) in [4.78, 5) is 24.9. The Bertz CT molecular complexity index is 512. The monoisotopic (exact) mass is 290 g/mol. The van der Waals surface area contributed by atoms with Gasteiger partial charge in [-0.1, -0.05) is 12.1 Å². The van der Waals surface area contributed by atoms with E-state index in [4.69, 9.17) is 4.74 Å². The SMILES string of the molecule is CC(=O)c1cccc(NC(=O)N(C)CCOCC2CC2)c1. The van der Waals surface area contributed by atoms with E-state index in [1.807, 2.05) is 0 Å². The number of carbonyl (C=O) groups is 2. The fourth-order valence-electron chi connectivity index (χ4n) is 1.87. The lowest BCUT2D eigenvalue weighted by Gasteiger charge is -2.18. The molecule has 2 rings (SSSR count). The zero-order valence-corrected chi connectivity index (χ0v) is 12.6. The first-order chi connectivity index (χ1) is 10.1. The Balaban J connectivity index is 1.76. The molecule has 1 aliphatic rings. The molecule has 114 valence electrons. The van der Waals surface area contributed by atoms with E-state index in [1.54, 1.807) is 36.2 Å². The molecule has 1 fully saturated rings. The molecule has 21 heavy (non-hydrogen) atoms. The van der Waals surface area contributed by atoms with Gasteiger partial charge in [-0.15, -0.1) is 0 Å². The maximum absolute atomic E-state index is 12.0. The molecule has 0 spiro atoms. The zero-order chi connectivity index (χ0) is 15.2. The minimum atomic E-state index is -0.203. The van der Waals surface area contributed by atoms with Gasteiger partial charge in [0.05, 0.1) is 6.61 Å². The van der Waals surface area contributed by atoms with E-state index in [1.165, 1.54) is 19.8 Å². The van der Waals surface area contributed by atoms with E-state index < -0.39 is 0 Å². The van der Waals surface area contributed by atoms with Crippen molar-refractivity contribution >= 4 is 17.5 Å². The number of likely N-dealkylation sites (N-methyl/N-ethyl adjacent to an activating group) is 1. The summed E-state index contributed by atoms with van der Waals surface area (Å²) in [5, 5.41) is 2.78. The average molecular weight is 290 g/mol. The molecule has 0 bridgehead atoms. The van der Waals surface area contributed by atoms with E-state index >= 15 is 0 Å². The molecule has 0 heterocycles. The molecule has 1 aromatic rings. The number of ketones is 1. The van der Waals surface area contributed by atoms with Crippen LogP contribution in [-0.2, 0) is 4.74 Å². The van der Waals surface area contributed by atoms with Crippen LogP contribution in [0.15, 0.2) is 24.3 Å². The summed E-state index contributed by atoms with van der Waals surface area (Å²) in [5.74, 6) is 0.714. The number of hydrogen-bond acceptors (Lipinski definition) is 3. The van der Waals surface area contributed by atoms with Crippen molar-refractivity contribution in [2.75, 3.05) is 32.1 Å². The lowest BCUT2D eigenvalue weighted by molar-refractivity contribution is 0.101. The van der Waals surface area contributed by atoms with Gasteiger partial charge in [0.15, 0.2) is 5.78 Å². The summed E-state index contributed by atoms with van der Waals surface area (Å²) >= 11 is 0. The quantitative estimate of drug-likeness (QED) is 0.620. The Labute approximate surface area is 125 Å². The molecular weight excluding hydrogens is 268 g/mol. The maximum atomic E-state index is 12.0. The van der Waals surface area contributed by atoms with E-state index in [0.29, 0.717) is 24.4 Å². The Hall–Kier alpha value is -1.88. The van der Waals surface area contributed by atoms with Crippen LogP contribution in [-0.4, -0.2) is 43.5 Å². The fraction of sp³-hybridized carbons (Fsp3) is 0.500. The topological polar surface area (TPSA) is 58.6 Å². The molecule has 1 aromatic carbocycles. The Morgan fingerprint density at radius 1 is 1.38 bits per heavy atom. The fourth-order valence-corrected chi connectivity index (χ4v) is 1.87. The number of rotatable bonds is 7. The molecule has 1 saturated carbocycles. The highest BCUT2D eigenvalue weighted by atomic mass is 16.5. The second-order valence-electron chi connectivity index (χ2n) is 5.51. The number of nitrogens with zero attached hydrogens (tertiary/aromatic N) is 1. The molecule has 0 unspecified atom stereocenters. The molecule has 0 saturated heterocycles. The van der Waals surface area contributed by atoms with Crippen LogP contribution in [0.1, 0.15) is 30.1 Å². The van der Waals surface area contributed by atoms with Crippen LogP contribution in [0, 0.1) is 5.92 Å². The Morgan fingerprint density at radius 2 is 2.14 bits per heavy atom. The summed E-state index contributed by atoms with van der Waals surface area (Å²) < 4.78 is 5.51. The second-order valence-corrected chi connectivity index (χ2v) is 5.51. The van der Waals surface area contributed by atoms with Crippen molar-refractivity contribution in [1.29, 1.82) is 0 Å². The Kier molecular flexibility index (Phi) is 5.33. The molecule has 1 aliphatic carbocycles. The van der Waals surface area contributed by atoms with Crippen molar-refractivity contribution in [1.82, 2.24) is 4.90 Å². The summed E-state index contributed by atoms with van der Waals surface area (Å²) in [6, 6.07) is 6.73. The van der Waals surface area contributed by atoms with E-state index in [0.717, 1.165) is 12.5 Å². The van der Waals surface area contributed by atoms with Crippen molar-refractivity contribution < 1.29 is 14.3 Å². The number of benzene rings is 1. The molecule has 0 aromatic heterocycles. The largest absolute Gasteiger partial charge is 0.379 e. The molecule has 5 nitrogen and oxygen atoms in total. The normalized spacial score (nSPS) is 13.8. The van der Waals surface area contributed by atoms with E-state index in [9.17, 15) is 9.59 Å². The highest BCUT2D eigenvalue weighted by Gasteiger charge is 2.21. The van der Waals surface area contributed by atoms with Gasteiger partial charge < -0.3 is 15.0 Å². The van der Waals surface area contributed by atoms with E-state index in [2.05, 4.69) is 5.32 Å². The van der Waals surface area contributed by atoms with Crippen LogP contribution in [0.5, 0.6) is 0 Å². The van der Waals surface area contributed by atoms with Crippen molar-refractivity contribution in [2.45, 2.75) is 19.8 Å². The smallest absolute Gasteiger partial charge is 0.321 e. The third kappa shape index (κ3) is 5.19. The first-order valence-electron chi connectivity index (χ1n) is 7.27. The molecule has 0 radical (unpaired) electrons. The highest BCUT2D eigenvalue weighted by molar-refractivity contribution is 5.96. The van der Waals surface area contributed by atoms with Crippen molar-refractivity contribution in [3.63, 3.8) is 0 Å². The van der Waals surface area contributed by atoms with Crippen LogP contribution >= 0.6 is 0 Å². The van der Waals surface area contributed by atoms with Crippen molar-refractivity contribution in [3.8, 4) is 0 Å². The number of hydrogen-bond donors (Lipinski definition) is 1. The standard InChI is InChI=1S/C16H22N2O3/c1-12(19)14-4-3-5-15(10-14)17-16(20)18(2)8-9-21-11-13-6-7-13/h3-5,10,13H,6-9,11H2,1-2H3,(H,17,20). The molecule has 5 heteroatoms. The molecule has 0 atom stereocenters. The highest BCUT2D eigenvalue weighted by Crippen LogP contribution is 2.28. The number of Topliss-reactive ketones (excluding diaryl/α,β-unsaturated/α-hetero) is 1. The summed E-state index contributed by atoms with van der Waals surface area (Å²) in [7, 11) is 1.73. The molecular formula is C16H22N2O3. The summed E-state index contributed by atoms with van der Waals surface area (Å²) in [5.41, 5.74) is 1.21. The average Bonchev–Trinajstić information content (AvgIpc) is 3.27.